The van der Waals surface area contributed by atoms with E-state index in [9.17, 15) is 23.5 Å². The molecule has 2 N–H and O–H groups in total. The second-order valence-electron chi connectivity index (χ2n) is 5.00. The van der Waals surface area contributed by atoms with Gasteiger partial charge in [-0.25, -0.2) is 13.6 Å². The van der Waals surface area contributed by atoms with Gasteiger partial charge in [0.1, 0.15) is 17.7 Å². The summed E-state index contributed by atoms with van der Waals surface area (Å²) in [5.74, 6) is -4.19. The second-order valence-corrected chi connectivity index (χ2v) is 5.00. The van der Waals surface area contributed by atoms with Gasteiger partial charge in [0.15, 0.2) is 0 Å². The Morgan fingerprint density at radius 1 is 1.21 bits per heavy atom. The average Bonchev–Trinajstić information content (AvgIpc) is 2.54. The number of hydrogen-bond acceptors (Lipinski definition) is 3. The van der Waals surface area contributed by atoms with Gasteiger partial charge in [-0.2, -0.15) is 5.26 Å². The van der Waals surface area contributed by atoms with E-state index in [2.05, 4.69) is 5.32 Å². The monoisotopic (exact) mass is 330 g/mol. The smallest absolute Gasteiger partial charge is 0.326 e. The number of aliphatic carboxylic acids is 1. The molecule has 1 amide bonds. The van der Waals surface area contributed by atoms with Crippen LogP contribution in [0.3, 0.4) is 0 Å². The topological polar surface area (TPSA) is 90.2 Å². The van der Waals surface area contributed by atoms with Crippen molar-refractivity contribution in [2.75, 3.05) is 0 Å². The summed E-state index contributed by atoms with van der Waals surface area (Å²) in [5, 5.41) is 20.3. The Hall–Kier alpha value is -3.27. The minimum Gasteiger partial charge on any atom is -0.480 e. The quantitative estimate of drug-likeness (QED) is 0.880. The summed E-state index contributed by atoms with van der Waals surface area (Å²) in [7, 11) is 0. The van der Waals surface area contributed by atoms with Crippen LogP contribution in [0.4, 0.5) is 8.78 Å². The zero-order chi connectivity index (χ0) is 17.7. The number of nitrogens with zero attached hydrogens (tertiary/aromatic N) is 1. The van der Waals surface area contributed by atoms with Gasteiger partial charge in [-0.3, -0.25) is 4.79 Å². The van der Waals surface area contributed by atoms with E-state index in [-0.39, 0.29) is 6.42 Å². The van der Waals surface area contributed by atoms with Crippen molar-refractivity contribution in [1.82, 2.24) is 5.32 Å². The summed E-state index contributed by atoms with van der Waals surface area (Å²) in [4.78, 5) is 23.3. The number of carbonyl (C=O) groups is 2. The largest absolute Gasteiger partial charge is 0.480 e. The fraction of sp³-hybridized carbons (Fsp3) is 0.118. The molecule has 0 aliphatic heterocycles. The van der Waals surface area contributed by atoms with E-state index in [1.54, 1.807) is 18.2 Å². The molecular weight excluding hydrogens is 318 g/mol. The maximum absolute atomic E-state index is 13.6. The zero-order valence-corrected chi connectivity index (χ0v) is 12.3. The van der Waals surface area contributed by atoms with Gasteiger partial charge in [0.25, 0.3) is 5.91 Å². The number of nitriles is 1. The van der Waals surface area contributed by atoms with Crippen LogP contribution in [0.15, 0.2) is 42.5 Å². The Balaban J connectivity index is 2.17. The third kappa shape index (κ3) is 4.14. The summed E-state index contributed by atoms with van der Waals surface area (Å²) in [6.07, 6.45) is -0.0839. The standard InChI is InChI=1S/C17H12F2N2O3/c18-12-4-5-13(14(19)8-12)16(22)21-15(17(23)24)7-10-2-1-3-11(6-10)9-20/h1-6,8,15H,7H2,(H,21,22)(H,23,24)/t15-/m1/s1. The molecule has 0 radical (unpaired) electrons. The maximum atomic E-state index is 13.6. The molecule has 5 nitrogen and oxygen atoms in total. The van der Waals surface area contributed by atoms with E-state index < -0.39 is 35.1 Å². The highest BCUT2D eigenvalue weighted by atomic mass is 19.1. The summed E-state index contributed by atoms with van der Waals surface area (Å²) in [6, 6.07) is 9.26. The molecule has 0 heterocycles. The van der Waals surface area contributed by atoms with Gasteiger partial charge >= 0.3 is 5.97 Å². The van der Waals surface area contributed by atoms with Gasteiger partial charge in [0.05, 0.1) is 17.2 Å². The second kappa shape index (κ2) is 7.33. The van der Waals surface area contributed by atoms with Gasteiger partial charge in [-0.05, 0) is 29.8 Å². The SMILES string of the molecule is N#Cc1cccc(C[C@@H](NC(=O)c2ccc(F)cc2F)C(=O)O)c1. The molecule has 122 valence electrons. The first kappa shape index (κ1) is 17.1. The first-order valence-corrected chi connectivity index (χ1v) is 6.88. The van der Waals surface area contributed by atoms with Crippen molar-refractivity contribution in [3.63, 3.8) is 0 Å². The van der Waals surface area contributed by atoms with Crippen molar-refractivity contribution in [2.24, 2.45) is 0 Å². The van der Waals surface area contributed by atoms with Gasteiger partial charge in [-0.15, -0.1) is 0 Å². The van der Waals surface area contributed by atoms with E-state index in [1.807, 2.05) is 6.07 Å². The van der Waals surface area contributed by atoms with E-state index >= 15 is 0 Å². The van der Waals surface area contributed by atoms with Crippen LogP contribution < -0.4 is 5.32 Å². The van der Waals surface area contributed by atoms with Crippen molar-refractivity contribution >= 4 is 11.9 Å². The molecule has 0 aliphatic carbocycles. The van der Waals surface area contributed by atoms with Gasteiger partial charge in [-0.1, -0.05) is 12.1 Å². The van der Waals surface area contributed by atoms with Crippen molar-refractivity contribution < 1.29 is 23.5 Å². The van der Waals surface area contributed by atoms with Crippen LogP contribution in [0.25, 0.3) is 0 Å². The Morgan fingerprint density at radius 3 is 2.58 bits per heavy atom. The third-order valence-corrected chi connectivity index (χ3v) is 3.28. The number of amides is 1. The molecule has 0 aliphatic rings. The molecule has 24 heavy (non-hydrogen) atoms. The minimum absolute atomic E-state index is 0.0839. The molecule has 0 unspecified atom stereocenters. The van der Waals surface area contributed by atoms with Crippen molar-refractivity contribution in [3.05, 3.63) is 70.8 Å². The van der Waals surface area contributed by atoms with Crippen molar-refractivity contribution in [3.8, 4) is 6.07 Å². The molecule has 0 bridgehead atoms. The van der Waals surface area contributed by atoms with Crippen molar-refractivity contribution in [2.45, 2.75) is 12.5 Å². The third-order valence-electron chi connectivity index (χ3n) is 3.28. The molecule has 0 saturated carbocycles. The number of carboxylic acids is 1. The lowest BCUT2D eigenvalue weighted by atomic mass is 10.0. The lowest BCUT2D eigenvalue weighted by Crippen LogP contribution is -2.42. The molecule has 2 rings (SSSR count). The zero-order valence-electron chi connectivity index (χ0n) is 12.3. The highest BCUT2D eigenvalue weighted by Crippen LogP contribution is 2.11. The number of hydrogen-bond donors (Lipinski definition) is 2. The van der Waals surface area contributed by atoms with E-state index in [0.29, 0.717) is 17.2 Å². The Morgan fingerprint density at radius 2 is 1.96 bits per heavy atom. The van der Waals surface area contributed by atoms with Gasteiger partial charge < -0.3 is 10.4 Å². The number of nitrogens with one attached hydrogen (secondary N) is 1. The first-order valence-electron chi connectivity index (χ1n) is 6.88. The molecular formula is C17H12F2N2O3. The normalized spacial score (nSPS) is 11.4. The lowest BCUT2D eigenvalue weighted by Gasteiger charge is -2.15. The fourth-order valence-electron chi connectivity index (χ4n) is 2.11. The molecule has 0 fully saturated rings. The molecule has 0 spiro atoms. The first-order chi connectivity index (χ1) is 11.4. The number of benzene rings is 2. The van der Waals surface area contributed by atoms with E-state index in [4.69, 9.17) is 5.26 Å². The van der Waals surface area contributed by atoms with Crippen LogP contribution in [0.2, 0.25) is 0 Å². The van der Waals surface area contributed by atoms with Crippen LogP contribution in [0.5, 0.6) is 0 Å². The van der Waals surface area contributed by atoms with Crippen LogP contribution in [0.1, 0.15) is 21.5 Å². The highest BCUT2D eigenvalue weighted by molar-refractivity contribution is 5.96. The summed E-state index contributed by atoms with van der Waals surface area (Å²) in [5.41, 5.74) is 0.433. The number of carbonyl (C=O) groups excluding carboxylic acids is 1. The Bertz CT molecular complexity index is 831. The number of rotatable bonds is 5. The van der Waals surface area contributed by atoms with Crippen molar-refractivity contribution in [1.29, 1.82) is 5.26 Å². The minimum atomic E-state index is -1.32. The molecule has 0 aromatic heterocycles. The molecule has 2 aromatic rings. The van der Waals surface area contributed by atoms with Gasteiger partial charge in [0.2, 0.25) is 0 Å². The Labute approximate surface area is 136 Å². The predicted octanol–water partition coefficient (Wildman–Crippen LogP) is 2.26. The maximum Gasteiger partial charge on any atom is 0.326 e. The summed E-state index contributed by atoms with van der Waals surface area (Å²) >= 11 is 0. The van der Waals surface area contributed by atoms with Gasteiger partial charge in [0, 0.05) is 12.5 Å². The van der Waals surface area contributed by atoms with Crippen LogP contribution in [-0.4, -0.2) is 23.0 Å². The van der Waals surface area contributed by atoms with Crippen LogP contribution in [0, 0.1) is 23.0 Å². The predicted molar refractivity (Wildman–Crippen MR) is 80.1 cm³/mol. The number of carboxylic acid groups (broad SMARTS) is 1. The van der Waals surface area contributed by atoms with E-state index in [0.717, 1.165) is 12.1 Å². The molecule has 2 aromatic carbocycles. The van der Waals surface area contributed by atoms with Crippen LogP contribution in [-0.2, 0) is 11.2 Å². The highest BCUT2D eigenvalue weighted by Gasteiger charge is 2.23. The molecule has 7 heteroatoms. The van der Waals surface area contributed by atoms with E-state index in [1.165, 1.54) is 6.07 Å². The van der Waals surface area contributed by atoms with Crippen LogP contribution >= 0.6 is 0 Å². The summed E-state index contributed by atoms with van der Waals surface area (Å²) in [6.45, 7) is 0. The molecule has 1 atom stereocenters. The summed E-state index contributed by atoms with van der Waals surface area (Å²) < 4.78 is 26.5. The fourth-order valence-corrected chi connectivity index (χ4v) is 2.11. The number of halogens is 2. The molecule has 0 saturated heterocycles. The lowest BCUT2D eigenvalue weighted by molar-refractivity contribution is -0.139. The Kier molecular flexibility index (Phi) is 5.22. The average molecular weight is 330 g/mol.